The summed E-state index contributed by atoms with van der Waals surface area (Å²) in [5.41, 5.74) is 4.73. The van der Waals surface area contributed by atoms with Gasteiger partial charge in [-0.15, -0.1) is 10.2 Å². The Hall–Kier alpha value is -3.43. The van der Waals surface area contributed by atoms with Crippen molar-refractivity contribution < 1.29 is 9.53 Å². The largest absolute Gasteiger partial charge is 0.378 e. The number of nitrogens with zero attached hydrogens (tertiary/aromatic N) is 6. The van der Waals surface area contributed by atoms with Crippen LogP contribution in [0, 0.1) is 20.8 Å². The van der Waals surface area contributed by atoms with Crippen LogP contribution in [0.2, 0.25) is 0 Å². The molecule has 1 saturated heterocycles. The summed E-state index contributed by atoms with van der Waals surface area (Å²) in [4.78, 5) is 19.9. The number of aryl methyl sites for hydroxylation is 2. The van der Waals surface area contributed by atoms with Gasteiger partial charge in [0.25, 0.3) is 0 Å². The quantitative estimate of drug-likeness (QED) is 0.285. The van der Waals surface area contributed by atoms with Crippen LogP contribution in [0.5, 0.6) is 0 Å². The molecule has 180 valence electrons. The average Bonchev–Trinajstić information content (AvgIpc) is 3.44. The molecule has 0 aliphatic carbocycles. The second-order valence-corrected chi connectivity index (χ2v) is 9.52. The van der Waals surface area contributed by atoms with E-state index >= 15 is 0 Å². The Bertz CT molecular complexity index is 1320. The minimum atomic E-state index is 0.0525. The van der Waals surface area contributed by atoms with E-state index in [1.165, 1.54) is 17.3 Å². The standard InChI is InChI=1S/C26H28N6O2S/c1-18-7-9-21(10-8-18)32-25(30-12-14-34-15-13-30)28-29-26(32)35-17-23(33)22-16-19(2)31(20(22)3)24-6-4-5-11-27-24/h4-11,16H,12-15,17H2,1-3H3. The van der Waals surface area contributed by atoms with E-state index in [0.29, 0.717) is 23.9 Å². The summed E-state index contributed by atoms with van der Waals surface area (Å²) >= 11 is 1.41. The molecule has 0 radical (unpaired) electrons. The second-order valence-electron chi connectivity index (χ2n) is 8.57. The summed E-state index contributed by atoms with van der Waals surface area (Å²) in [7, 11) is 0. The van der Waals surface area contributed by atoms with Crippen molar-refractivity contribution in [3.05, 3.63) is 77.2 Å². The van der Waals surface area contributed by atoms with Crippen LogP contribution in [-0.2, 0) is 4.74 Å². The SMILES string of the molecule is Cc1ccc(-n2c(SCC(=O)c3cc(C)n(-c4ccccn4)c3C)nnc2N2CCOCC2)cc1. The molecular weight excluding hydrogens is 460 g/mol. The first-order valence-corrected chi connectivity index (χ1v) is 12.6. The van der Waals surface area contributed by atoms with Gasteiger partial charge in [-0.1, -0.05) is 35.5 Å². The molecule has 0 atom stereocenters. The van der Waals surface area contributed by atoms with E-state index in [1.807, 2.05) is 47.2 Å². The van der Waals surface area contributed by atoms with Crippen molar-refractivity contribution in [3.63, 3.8) is 0 Å². The lowest BCUT2D eigenvalue weighted by Gasteiger charge is -2.27. The molecule has 3 aromatic heterocycles. The van der Waals surface area contributed by atoms with Gasteiger partial charge in [-0.25, -0.2) is 4.98 Å². The van der Waals surface area contributed by atoms with Crippen molar-refractivity contribution in [2.24, 2.45) is 0 Å². The normalized spacial score (nSPS) is 13.9. The van der Waals surface area contributed by atoms with Gasteiger partial charge in [0, 0.05) is 36.2 Å². The lowest BCUT2D eigenvalue weighted by Crippen LogP contribution is -2.37. The Labute approximate surface area is 209 Å². The zero-order chi connectivity index (χ0) is 24.4. The molecule has 0 saturated carbocycles. The van der Waals surface area contributed by atoms with E-state index in [9.17, 15) is 4.79 Å². The monoisotopic (exact) mass is 488 g/mol. The van der Waals surface area contributed by atoms with E-state index in [4.69, 9.17) is 4.74 Å². The molecule has 4 aromatic rings. The smallest absolute Gasteiger partial charge is 0.232 e. The third-order valence-corrected chi connectivity index (χ3v) is 7.07. The number of carbonyl (C=O) groups excluding carboxylic acids is 1. The summed E-state index contributed by atoms with van der Waals surface area (Å²) in [6.07, 6.45) is 1.76. The number of anilines is 1. The molecule has 5 rings (SSSR count). The van der Waals surface area contributed by atoms with E-state index < -0.39 is 0 Å². The number of hydrogen-bond acceptors (Lipinski definition) is 7. The third-order valence-electron chi connectivity index (χ3n) is 6.14. The van der Waals surface area contributed by atoms with Gasteiger partial charge < -0.3 is 14.2 Å². The first kappa shape index (κ1) is 23.3. The number of Topliss-reactive ketones (excluding diaryl/α,β-unsaturated/α-hetero) is 1. The predicted octanol–water partition coefficient (Wildman–Crippen LogP) is 4.19. The van der Waals surface area contributed by atoms with Crippen molar-refractivity contribution in [3.8, 4) is 11.5 Å². The highest BCUT2D eigenvalue weighted by atomic mass is 32.2. The van der Waals surface area contributed by atoms with Gasteiger partial charge in [-0.2, -0.15) is 0 Å². The van der Waals surface area contributed by atoms with Crippen LogP contribution in [-0.4, -0.2) is 62.2 Å². The number of benzene rings is 1. The van der Waals surface area contributed by atoms with E-state index in [0.717, 1.165) is 41.9 Å². The van der Waals surface area contributed by atoms with E-state index in [1.54, 1.807) is 6.20 Å². The van der Waals surface area contributed by atoms with Crippen molar-refractivity contribution in [2.75, 3.05) is 37.0 Å². The van der Waals surface area contributed by atoms with Crippen LogP contribution < -0.4 is 4.90 Å². The zero-order valence-corrected chi connectivity index (χ0v) is 21.0. The highest BCUT2D eigenvalue weighted by Crippen LogP contribution is 2.29. The Balaban J connectivity index is 1.41. The fourth-order valence-electron chi connectivity index (χ4n) is 4.34. The van der Waals surface area contributed by atoms with Gasteiger partial charge in [-0.05, 0) is 51.1 Å². The maximum atomic E-state index is 13.3. The fourth-order valence-corrected chi connectivity index (χ4v) is 5.17. The lowest BCUT2D eigenvalue weighted by atomic mass is 10.2. The lowest BCUT2D eigenvalue weighted by molar-refractivity contribution is 0.102. The minimum absolute atomic E-state index is 0.0525. The number of hydrogen-bond donors (Lipinski definition) is 0. The van der Waals surface area contributed by atoms with E-state index in [-0.39, 0.29) is 11.5 Å². The van der Waals surface area contributed by atoms with Crippen molar-refractivity contribution >= 4 is 23.5 Å². The van der Waals surface area contributed by atoms with Crippen molar-refractivity contribution in [1.82, 2.24) is 24.3 Å². The molecule has 4 heterocycles. The molecule has 8 nitrogen and oxygen atoms in total. The van der Waals surface area contributed by atoms with Gasteiger partial charge in [0.1, 0.15) is 5.82 Å². The third kappa shape index (κ3) is 4.74. The number of thioether (sulfide) groups is 1. The molecule has 0 bridgehead atoms. The van der Waals surface area contributed by atoms with E-state index in [2.05, 4.69) is 51.3 Å². The number of carbonyl (C=O) groups is 1. The molecule has 1 aliphatic rings. The fraction of sp³-hybridized carbons (Fsp3) is 0.308. The highest BCUT2D eigenvalue weighted by molar-refractivity contribution is 7.99. The maximum Gasteiger partial charge on any atom is 0.232 e. The Morgan fingerprint density at radius 1 is 1.00 bits per heavy atom. The number of morpholine rings is 1. The Kier molecular flexibility index (Phi) is 6.70. The summed E-state index contributed by atoms with van der Waals surface area (Å²) in [6.45, 7) is 8.86. The van der Waals surface area contributed by atoms with Crippen LogP contribution in [0.25, 0.3) is 11.5 Å². The first-order chi connectivity index (χ1) is 17.0. The maximum absolute atomic E-state index is 13.3. The first-order valence-electron chi connectivity index (χ1n) is 11.6. The van der Waals surface area contributed by atoms with Crippen LogP contribution >= 0.6 is 11.8 Å². The van der Waals surface area contributed by atoms with Crippen LogP contribution in [0.1, 0.15) is 27.3 Å². The number of ether oxygens (including phenoxy) is 1. The molecule has 0 unspecified atom stereocenters. The van der Waals surface area contributed by atoms with Crippen molar-refractivity contribution in [2.45, 2.75) is 25.9 Å². The van der Waals surface area contributed by atoms with Gasteiger partial charge in [-0.3, -0.25) is 9.36 Å². The molecular formula is C26H28N6O2S. The topological polar surface area (TPSA) is 78.1 Å². The van der Waals surface area contributed by atoms with Crippen molar-refractivity contribution in [1.29, 1.82) is 0 Å². The van der Waals surface area contributed by atoms with Crippen LogP contribution in [0.4, 0.5) is 5.95 Å². The molecule has 0 spiro atoms. The van der Waals surface area contributed by atoms with Gasteiger partial charge in [0.15, 0.2) is 10.9 Å². The predicted molar refractivity (Wildman–Crippen MR) is 137 cm³/mol. The Morgan fingerprint density at radius 2 is 1.77 bits per heavy atom. The summed E-state index contributed by atoms with van der Waals surface area (Å²) in [6, 6.07) is 16.0. The minimum Gasteiger partial charge on any atom is -0.378 e. The van der Waals surface area contributed by atoms with Gasteiger partial charge >= 0.3 is 0 Å². The second kappa shape index (κ2) is 10.1. The Morgan fingerprint density at radius 3 is 2.49 bits per heavy atom. The van der Waals surface area contributed by atoms with Gasteiger partial charge in [0.05, 0.1) is 24.7 Å². The summed E-state index contributed by atoms with van der Waals surface area (Å²) in [5, 5.41) is 9.67. The van der Waals surface area contributed by atoms with Gasteiger partial charge in [0.2, 0.25) is 5.95 Å². The molecule has 0 amide bonds. The molecule has 1 fully saturated rings. The number of ketones is 1. The molecule has 35 heavy (non-hydrogen) atoms. The van der Waals surface area contributed by atoms with Crippen LogP contribution in [0.15, 0.2) is 59.9 Å². The summed E-state index contributed by atoms with van der Waals surface area (Å²) in [5.74, 6) is 1.90. The average molecular weight is 489 g/mol. The summed E-state index contributed by atoms with van der Waals surface area (Å²) < 4.78 is 9.58. The van der Waals surface area contributed by atoms with Crippen LogP contribution in [0.3, 0.4) is 0 Å². The highest BCUT2D eigenvalue weighted by Gasteiger charge is 2.23. The molecule has 1 aliphatic heterocycles. The molecule has 0 N–H and O–H groups in total. The number of rotatable bonds is 7. The number of aromatic nitrogens is 5. The number of pyridine rings is 1. The molecule has 9 heteroatoms. The zero-order valence-electron chi connectivity index (χ0n) is 20.1. The molecule has 1 aromatic carbocycles.